The number of nitrogens with one attached hydrogen (secondary N) is 2. The lowest BCUT2D eigenvalue weighted by molar-refractivity contribution is -0.136. The van der Waals surface area contributed by atoms with Gasteiger partial charge in [-0.15, -0.1) is 0 Å². The van der Waals surface area contributed by atoms with Crippen LogP contribution in [0.25, 0.3) is 0 Å². The Bertz CT molecular complexity index is 856. The van der Waals surface area contributed by atoms with Gasteiger partial charge in [-0.25, -0.2) is 0 Å². The molecule has 3 rings (SSSR count). The molecule has 3 amide bonds. The lowest BCUT2D eigenvalue weighted by Crippen LogP contribution is -2.52. The maximum absolute atomic E-state index is 12.7. The van der Waals surface area contributed by atoms with Crippen LogP contribution in [0.5, 0.6) is 0 Å². The van der Waals surface area contributed by atoms with E-state index in [1.54, 1.807) is 11.0 Å². The smallest absolute Gasteiger partial charge is 0.255 e. The van der Waals surface area contributed by atoms with Gasteiger partial charge in [0.25, 0.3) is 5.91 Å². The summed E-state index contributed by atoms with van der Waals surface area (Å²) >= 11 is 0. The number of amides is 3. The van der Waals surface area contributed by atoms with Crippen LogP contribution in [0.4, 0.5) is 0 Å². The van der Waals surface area contributed by atoms with Gasteiger partial charge in [-0.05, 0) is 56.6 Å². The normalized spacial score (nSPS) is 18.4. The first-order valence-electron chi connectivity index (χ1n) is 11.1. The van der Waals surface area contributed by atoms with Crippen molar-refractivity contribution in [3.05, 3.63) is 34.9 Å². The number of rotatable bonds is 7. The number of fused-ring (bicyclic) bond motifs is 1. The number of hydrogen-bond acceptors (Lipinski definition) is 5. The number of carbonyl (C=O) groups is 3. The first kappa shape index (κ1) is 24.6. The van der Waals surface area contributed by atoms with Crippen LogP contribution in [0.3, 0.4) is 0 Å². The zero-order chi connectivity index (χ0) is 22.8. The second-order valence-electron chi connectivity index (χ2n) is 7.31. The van der Waals surface area contributed by atoms with E-state index in [9.17, 15) is 14.4 Å². The molecule has 0 bridgehead atoms. The minimum absolute atomic E-state index is 0.173. The van der Waals surface area contributed by atoms with Gasteiger partial charge < -0.3 is 15.0 Å². The number of benzene rings is 1. The zero-order valence-corrected chi connectivity index (χ0v) is 18.9. The summed E-state index contributed by atoms with van der Waals surface area (Å²) in [6.45, 7) is 7.73. The molecule has 0 saturated carbocycles. The van der Waals surface area contributed by atoms with E-state index < -0.39 is 11.9 Å². The highest BCUT2D eigenvalue weighted by atomic mass is 16.5. The van der Waals surface area contributed by atoms with Crippen LogP contribution < -0.4 is 10.6 Å². The topological polar surface area (TPSA) is 87.7 Å². The van der Waals surface area contributed by atoms with Gasteiger partial charge in [0, 0.05) is 24.1 Å². The maximum atomic E-state index is 12.7. The average molecular weight is 428 g/mol. The van der Waals surface area contributed by atoms with Crippen molar-refractivity contribution in [3.63, 3.8) is 0 Å². The number of nitrogens with zero attached hydrogens (tertiary/aromatic N) is 1. The summed E-state index contributed by atoms with van der Waals surface area (Å²) in [5.74, 6) is 5.27. The van der Waals surface area contributed by atoms with Crippen molar-refractivity contribution in [1.82, 2.24) is 15.5 Å². The third kappa shape index (κ3) is 6.39. The lowest BCUT2D eigenvalue weighted by Gasteiger charge is -2.29. The van der Waals surface area contributed by atoms with E-state index >= 15 is 0 Å². The van der Waals surface area contributed by atoms with Gasteiger partial charge in [-0.1, -0.05) is 32.6 Å². The Labute approximate surface area is 184 Å². The van der Waals surface area contributed by atoms with E-state index in [1.165, 1.54) is 0 Å². The molecule has 7 heteroatoms. The van der Waals surface area contributed by atoms with E-state index in [0.29, 0.717) is 25.1 Å². The Balaban J connectivity index is 0.00000166. The summed E-state index contributed by atoms with van der Waals surface area (Å²) in [6, 6.07) is 4.87. The molecule has 31 heavy (non-hydrogen) atoms. The molecule has 1 fully saturated rings. The van der Waals surface area contributed by atoms with Gasteiger partial charge in [0.1, 0.15) is 12.6 Å². The van der Waals surface area contributed by atoms with Crippen molar-refractivity contribution in [2.45, 2.75) is 65.1 Å². The second-order valence-corrected chi connectivity index (χ2v) is 7.31. The van der Waals surface area contributed by atoms with Gasteiger partial charge in [-0.2, -0.15) is 0 Å². The maximum Gasteiger partial charge on any atom is 0.255 e. The predicted molar refractivity (Wildman–Crippen MR) is 119 cm³/mol. The summed E-state index contributed by atoms with van der Waals surface area (Å²) in [7, 11) is 1.92. The van der Waals surface area contributed by atoms with Crippen LogP contribution in [-0.2, 0) is 20.9 Å². The Kier molecular flexibility index (Phi) is 9.70. The van der Waals surface area contributed by atoms with Crippen LogP contribution in [0.1, 0.15) is 67.9 Å². The summed E-state index contributed by atoms with van der Waals surface area (Å²) in [4.78, 5) is 37.7. The summed E-state index contributed by atoms with van der Waals surface area (Å²) in [5.41, 5.74) is 2.26. The molecule has 2 unspecified atom stereocenters. The number of imide groups is 1. The van der Waals surface area contributed by atoms with Crippen molar-refractivity contribution in [2.24, 2.45) is 0 Å². The van der Waals surface area contributed by atoms with Crippen LogP contribution >= 0.6 is 0 Å². The third-order valence-electron chi connectivity index (χ3n) is 5.32. The number of carbonyl (C=O) groups excluding carboxylic acids is 3. The molecule has 2 atom stereocenters. The van der Waals surface area contributed by atoms with Crippen molar-refractivity contribution in [2.75, 3.05) is 20.2 Å². The van der Waals surface area contributed by atoms with Crippen molar-refractivity contribution in [1.29, 1.82) is 0 Å². The van der Waals surface area contributed by atoms with E-state index in [-0.39, 0.29) is 24.3 Å². The first-order valence-corrected chi connectivity index (χ1v) is 11.1. The summed E-state index contributed by atoms with van der Waals surface area (Å²) < 4.78 is 5.79. The fraction of sp³-hybridized carbons (Fsp3) is 0.542. The summed E-state index contributed by atoms with van der Waals surface area (Å²) in [6.07, 6.45) is 2.70. The fourth-order valence-corrected chi connectivity index (χ4v) is 3.66. The highest BCUT2D eigenvalue weighted by Gasteiger charge is 2.38. The molecule has 2 N–H and O–H groups in total. The molecule has 1 aromatic rings. The SMILES string of the molecule is CC.CCC(CCNC)OCC#Cc1ccc2c(c1)CN(C1CCC(=O)NC1=O)C2=O. The largest absolute Gasteiger partial charge is 0.366 e. The third-order valence-corrected chi connectivity index (χ3v) is 5.32. The van der Waals surface area contributed by atoms with Crippen LogP contribution in [0.2, 0.25) is 0 Å². The van der Waals surface area contributed by atoms with Gasteiger partial charge >= 0.3 is 0 Å². The van der Waals surface area contributed by atoms with Crippen LogP contribution in [0.15, 0.2) is 18.2 Å². The second kappa shape index (κ2) is 12.2. The highest BCUT2D eigenvalue weighted by Crippen LogP contribution is 2.28. The number of piperidine rings is 1. The number of hydrogen-bond donors (Lipinski definition) is 2. The molecule has 0 spiro atoms. The van der Waals surface area contributed by atoms with Crippen molar-refractivity contribution >= 4 is 17.7 Å². The molecule has 7 nitrogen and oxygen atoms in total. The minimum atomic E-state index is -0.598. The first-order chi connectivity index (χ1) is 15.0. The van der Waals surface area contributed by atoms with Gasteiger partial charge in [-0.3, -0.25) is 19.7 Å². The van der Waals surface area contributed by atoms with Crippen LogP contribution in [-0.4, -0.2) is 55.0 Å². The molecule has 2 aliphatic rings. The summed E-state index contributed by atoms with van der Waals surface area (Å²) in [5, 5.41) is 5.43. The van der Waals surface area contributed by atoms with Crippen molar-refractivity contribution < 1.29 is 19.1 Å². The quantitative estimate of drug-likeness (QED) is 0.515. The van der Waals surface area contributed by atoms with E-state index in [2.05, 4.69) is 29.4 Å². The fourth-order valence-electron chi connectivity index (χ4n) is 3.66. The molecule has 0 aliphatic carbocycles. The van der Waals surface area contributed by atoms with E-state index in [0.717, 1.165) is 30.5 Å². The lowest BCUT2D eigenvalue weighted by atomic mass is 10.0. The monoisotopic (exact) mass is 427 g/mol. The molecule has 1 saturated heterocycles. The standard InChI is InChI=1S/C22H27N3O4.C2H6/c1-3-17(10-11-23-2)29-12-4-5-15-6-7-18-16(13-15)14-25(22(18)28)19-8-9-20(26)24-21(19)27;1-2/h6-7,13,17,19,23H,3,8-12,14H2,1-2H3,(H,24,26,27);1-2H3. The molecule has 2 heterocycles. The Morgan fingerprint density at radius 2 is 2.06 bits per heavy atom. The molecule has 0 radical (unpaired) electrons. The molecule has 0 aromatic heterocycles. The predicted octanol–water partition coefficient (Wildman–Crippen LogP) is 2.23. The van der Waals surface area contributed by atoms with E-state index in [1.807, 2.05) is 33.0 Å². The molecular weight excluding hydrogens is 394 g/mol. The van der Waals surface area contributed by atoms with Gasteiger partial charge in [0.05, 0.1) is 6.10 Å². The molecule has 168 valence electrons. The average Bonchev–Trinajstić information content (AvgIpc) is 3.10. The highest BCUT2D eigenvalue weighted by molar-refractivity contribution is 6.05. The van der Waals surface area contributed by atoms with E-state index in [4.69, 9.17) is 4.74 Å². The van der Waals surface area contributed by atoms with Crippen LogP contribution in [0, 0.1) is 11.8 Å². The van der Waals surface area contributed by atoms with Gasteiger partial charge in [0.2, 0.25) is 11.8 Å². The Hall–Kier alpha value is -2.69. The Morgan fingerprint density at radius 1 is 1.29 bits per heavy atom. The number of ether oxygens (including phenoxy) is 1. The van der Waals surface area contributed by atoms with Gasteiger partial charge in [0.15, 0.2) is 0 Å². The Morgan fingerprint density at radius 3 is 2.74 bits per heavy atom. The minimum Gasteiger partial charge on any atom is -0.366 e. The molecule has 1 aromatic carbocycles. The molecule has 2 aliphatic heterocycles. The van der Waals surface area contributed by atoms with Crippen molar-refractivity contribution in [3.8, 4) is 11.8 Å². The zero-order valence-electron chi connectivity index (χ0n) is 18.9. The molecular formula is C24H33N3O4.